The first-order chi connectivity index (χ1) is 9.08. The molecule has 1 aromatic carbocycles. The molecule has 2 aromatic rings. The van der Waals surface area contributed by atoms with E-state index in [1.165, 1.54) is 0 Å². The summed E-state index contributed by atoms with van der Waals surface area (Å²) in [5.41, 5.74) is 1.95. The van der Waals surface area contributed by atoms with Crippen LogP contribution in [0.15, 0.2) is 30.6 Å². The van der Waals surface area contributed by atoms with E-state index in [1.54, 1.807) is 13.1 Å². The maximum atomic E-state index is 9.73. The lowest BCUT2D eigenvalue weighted by atomic mass is 10.1. The highest BCUT2D eigenvalue weighted by molar-refractivity contribution is 5.38. The maximum Gasteiger partial charge on any atom is 0.125 e. The largest absolute Gasteiger partial charge is 0.493 e. The van der Waals surface area contributed by atoms with E-state index in [4.69, 9.17) is 4.74 Å². The number of aliphatic hydroxyl groups is 1. The van der Waals surface area contributed by atoms with Crippen LogP contribution in [0, 0.1) is 6.92 Å². The fraction of sp³-hybridized carbons (Fsp3) is 0.400. The molecule has 0 spiro atoms. The Hall–Kier alpha value is -1.81. The van der Waals surface area contributed by atoms with E-state index in [2.05, 4.69) is 4.98 Å². The highest BCUT2D eigenvalue weighted by Gasteiger charge is 2.09. The van der Waals surface area contributed by atoms with Crippen molar-refractivity contribution in [3.8, 4) is 5.75 Å². The highest BCUT2D eigenvalue weighted by atomic mass is 16.5. The molecule has 4 nitrogen and oxygen atoms in total. The molecule has 1 heterocycles. The smallest absolute Gasteiger partial charge is 0.125 e. The minimum absolute atomic E-state index is 0.524. The van der Waals surface area contributed by atoms with E-state index in [1.807, 2.05) is 42.9 Å². The molecule has 0 aliphatic carbocycles. The van der Waals surface area contributed by atoms with Crippen LogP contribution in [0.3, 0.4) is 0 Å². The van der Waals surface area contributed by atoms with E-state index < -0.39 is 6.10 Å². The van der Waals surface area contributed by atoms with Gasteiger partial charge in [-0.1, -0.05) is 12.1 Å². The van der Waals surface area contributed by atoms with Crippen molar-refractivity contribution in [3.05, 3.63) is 47.5 Å². The van der Waals surface area contributed by atoms with Crippen molar-refractivity contribution in [2.45, 2.75) is 26.4 Å². The summed E-state index contributed by atoms with van der Waals surface area (Å²) in [6.07, 6.45) is 3.92. The second-order valence-electron chi connectivity index (χ2n) is 4.77. The summed E-state index contributed by atoms with van der Waals surface area (Å²) in [6.45, 7) is 4.31. The van der Waals surface area contributed by atoms with Gasteiger partial charge in [-0.25, -0.2) is 4.98 Å². The number of ether oxygens (including phenoxy) is 1. The van der Waals surface area contributed by atoms with Gasteiger partial charge in [-0.3, -0.25) is 0 Å². The van der Waals surface area contributed by atoms with Gasteiger partial charge in [-0.05, 0) is 25.5 Å². The number of nitrogens with zero attached hydrogens (tertiary/aromatic N) is 2. The van der Waals surface area contributed by atoms with Crippen LogP contribution in [0.1, 0.15) is 30.0 Å². The molecule has 0 aliphatic heterocycles. The Bertz CT molecular complexity index is 547. The van der Waals surface area contributed by atoms with Gasteiger partial charge in [0, 0.05) is 31.4 Å². The van der Waals surface area contributed by atoms with Crippen molar-refractivity contribution in [2.24, 2.45) is 7.05 Å². The molecule has 102 valence electrons. The molecule has 19 heavy (non-hydrogen) atoms. The first-order valence-electron chi connectivity index (χ1n) is 6.45. The third kappa shape index (κ3) is 3.35. The quantitative estimate of drug-likeness (QED) is 0.898. The van der Waals surface area contributed by atoms with Crippen molar-refractivity contribution in [2.75, 3.05) is 6.61 Å². The lowest BCUT2D eigenvalue weighted by Crippen LogP contribution is -2.08. The van der Waals surface area contributed by atoms with Crippen LogP contribution in [0.4, 0.5) is 0 Å². The predicted octanol–water partition coefficient (Wildman–Crippen LogP) is 2.40. The maximum absolute atomic E-state index is 9.73. The molecular formula is C15H20N2O2. The molecule has 1 atom stereocenters. The molecule has 0 fully saturated rings. The lowest BCUT2D eigenvalue weighted by molar-refractivity contribution is 0.191. The van der Waals surface area contributed by atoms with Crippen LogP contribution in [0.5, 0.6) is 5.75 Å². The van der Waals surface area contributed by atoms with Crippen molar-refractivity contribution < 1.29 is 9.84 Å². The van der Waals surface area contributed by atoms with E-state index in [-0.39, 0.29) is 0 Å². The Balaban J connectivity index is 2.03. The van der Waals surface area contributed by atoms with E-state index in [9.17, 15) is 5.11 Å². The Morgan fingerprint density at radius 2 is 2.21 bits per heavy atom. The molecule has 0 bridgehead atoms. The Morgan fingerprint density at radius 1 is 1.42 bits per heavy atom. The molecule has 0 aliphatic rings. The lowest BCUT2D eigenvalue weighted by Gasteiger charge is -2.14. The fourth-order valence-corrected chi connectivity index (χ4v) is 2.00. The zero-order chi connectivity index (χ0) is 13.8. The second kappa shape index (κ2) is 5.89. The van der Waals surface area contributed by atoms with Crippen LogP contribution in [-0.2, 0) is 13.5 Å². The van der Waals surface area contributed by atoms with Crippen LogP contribution in [0.25, 0.3) is 0 Å². The number of benzene rings is 1. The summed E-state index contributed by atoms with van der Waals surface area (Å²) in [4.78, 5) is 4.26. The van der Waals surface area contributed by atoms with E-state index in [0.717, 1.165) is 29.1 Å². The number of aromatic nitrogens is 2. The number of hydrogen-bond acceptors (Lipinski definition) is 3. The predicted molar refractivity (Wildman–Crippen MR) is 74.2 cm³/mol. The van der Waals surface area contributed by atoms with Gasteiger partial charge in [-0.15, -0.1) is 0 Å². The van der Waals surface area contributed by atoms with Crippen LogP contribution < -0.4 is 4.74 Å². The Kier molecular flexibility index (Phi) is 4.22. The van der Waals surface area contributed by atoms with E-state index >= 15 is 0 Å². The fourth-order valence-electron chi connectivity index (χ4n) is 2.00. The van der Waals surface area contributed by atoms with Crippen molar-refractivity contribution in [1.29, 1.82) is 0 Å². The molecule has 0 amide bonds. The first kappa shape index (κ1) is 13.6. The van der Waals surface area contributed by atoms with Gasteiger partial charge in [0.05, 0.1) is 12.7 Å². The van der Waals surface area contributed by atoms with Gasteiger partial charge >= 0.3 is 0 Å². The minimum atomic E-state index is -0.524. The van der Waals surface area contributed by atoms with E-state index in [0.29, 0.717) is 6.61 Å². The normalized spacial score (nSPS) is 12.4. The molecule has 0 saturated heterocycles. The summed E-state index contributed by atoms with van der Waals surface area (Å²) in [5, 5.41) is 9.73. The molecule has 0 radical (unpaired) electrons. The van der Waals surface area contributed by atoms with Gasteiger partial charge < -0.3 is 14.4 Å². The second-order valence-corrected chi connectivity index (χ2v) is 4.77. The zero-order valence-corrected chi connectivity index (χ0v) is 11.6. The van der Waals surface area contributed by atoms with Crippen molar-refractivity contribution in [3.63, 3.8) is 0 Å². The van der Waals surface area contributed by atoms with Gasteiger partial charge in [0.15, 0.2) is 0 Å². The zero-order valence-electron chi connectivity index (χ0n) is 11.6. The van der Waals surface area contributed by atoms with Crippen molar-refractivity contribution in [1.82, 2.24) is 9.55 Å². The summed E-state index contributed by atoms with van der Waals surface area (Å²) in [7, 11) is 1.97. The SMILES string of the molecule is Cc1ccc([C@@H](C)O)c(OCCc2nccn2C)c1. The molecule has 4 heteroatoms. The summed E-state index contributed by atoms with van der Waals surface area (Å²) in [6, 6.07) is 5.85. The monoisotopic (exact) mass is 260 g/mol. The average Bonchev–Trinajstić information content (AvgIpc) is 2.75. The summed E-state index contributed by atoms with van der Waals surface area (Å²) < 4.78 is 7.78. The number of imidazole rings is 1. The molecule has 2 rings (SSSR count). The van der Waals surface area contributed by atoms with Gasteiger partial charge in [0.2, 0.25) is 0 Å². The number of aliphatic hydroxyl groups excluding tert-OH is 1. The molecule has 1 N–H and O–H groups in total. The number of rotatable bonds is 5. The van der Waals surface area contributed by atoms with Crippen molar-refractivity contribution >= 4 is 0 Å². The van der Waals surface area contributed by atoms with Gasteiger partial charge in [-0.2, -0.15) is 0 Å². The van der Waals surface area contributed by atoms with Crippen LogP contribution in [0.2, 0.25) is 0 Å². The highest BCUT2D eigenvalue weighted by Crippen LogP contribution is 2.26. The molecule has 0 saturated carbocycles. The summed E-state index contributed by atoms with van der Waals surface area (Å²) in [5.74, 6) is 1.75. The van der Waals surface area contributed by atoms with Gasteiger partial charge in [0.25, 0.3) is 0 Å². The van der Waals surface area contributed by atoms with Crippen LogP contribution in [-0.4, -0.2) is 21.3 Å². The third-order valence-corrected chi connectivity index (χ3v) is 3.12. The average molecular weight is 260 g/mol. The Labute approximate surface area is 113 Å². The molecule has 1 aromatic heterocycles. The summed E-state index contributed by atoms with van der Waals surface area (Å²) >= 11 is 0. The van der Waals surface area contributed by atoms with Crippen LogP contribution >= 0.6 is 0 Å². The molecule has 0 unspecified atom stereocenters. The first-order valence-corrected chi connectivity index (χ1v) is 6.45. The number of hydrogen-bond donors (Lipinski definition) is 1. The topological polar surface area (TPSA) is 47.3 Å². The third-order valence-electron chi connectivity index (χ3n) is 3.12. The number of aryl methyl sites for hydroxylation is 2. The minimum Gasteiger partial charge on any atom is -0.493 e. The van der Waals surface area contributed by atoms with Gasteiger partial charge in [0.1, 0.15) is 11.6 Å². The molecular weight excluding hydrogens is 240 g/mol. The standard InChI is InChI=1S/C15H20N2O2/c1-11-4-5-13(12(2)18)14(10-11)19-9-6-15-16-7-8-17(15)3/h4-5,7-8,10,12,18H,6,9H2,1-3H3/t12-/m1/s1. The Morgan fingerprint density at radius 3 is 2.84 bits per heavy atom.